The zero-order valence-electron chi connectivity index (χ0n) is 13.6. The zero-order chi connectivity index (χ0) is 15.7. The molecular weight excluding hydrogens is 268 g/mol. The molecule has 5 nitrogen and oxygen atoms in total. The minimum Gasteiger partial charge on any atom is -0.502 e. The zero-order valence-corrected chi connectivity index (χ0v) is 13.6. The fourth-order valence-electron chi connectivity index (χ4n) is 2.53. The summed E-state index contributed by atoms with van der Waals surface area (Å²) < 4.78 is 10.4. The number of amides is 1. The first-order valence-corrected chi connectivity index (χ1v) is 7.86. The van der Waals surface area contributed by atoms with Crippen LogP contribution >= 0.6 is 0 Å². The van der Waals surface area contributed by atoms with Crippen molar-refractivity contribution in [1.29, 1.82) is 0 Å². The molecule has 0 aromatic heterocycles. The molecule has 0 aliphatic heterocycles. The van der Waals surface area contributed by atoms with E-state index < -0.39 is 5.60 Å². The third-order valence-corrected chi connectivity index (χ3v) is 3.38. The van der Waals surface area contributed by atoms with Crippen LogP contribution in [-0.4, -0.2) is 36.9 Å². The molecule has 1 aliphatic carbocycles. The second-order valence-electron chi connectivity index (χ2n) is 6.55. The summed E-state index contributed by atoms with van der Waals surface area (Å²) >= 11 is 0. The molecular formula is C16H30N2O3. The lowest BCUT2D eigenvalue weighted by molar-refractivity contribution is 0.0488. The highest BCUT2D eigenvalue weighted by atomic mass is 16.6. The first-order chi connectivity index (χ1) is 9.90. The third kappa shape index (κ3) is 8.60. The molecule has 2 unspecified atom stereocenters. The summed E-state index contributed by atoms with van der Waals surface area (Å²) in [6.45, 7) is 10.8. The van der Waals surface area contributed by atoms with E-state index in [1.54, 1.807) is 0 Å². The molecule has 21 heavy (non-hydrogen) atoms. The van der Waals surface area contributed by atoms with Crippen LogP contribution in [0.5, 0.6) is 0 Å². The van der Waals surface area contributed by atoms with Crippen molar-refractivity contribution in [2.45, 2.75) is 70.6 Å². The molecule has 1 saturated carbocycles. The van der Waals surface area contributed by atoms with Crippen molar-refractivity contribution < 1.29 is 14.3 Å². The Bertz CT molecular complexity index is 326. The van der Waals surface area contributed by atoms with E-state index in [2.05, 4.69) is 17.2 Å². The fourth-order valence-corrected chi connectivity index (χ4v) is 2.53. The third-order valence-electron chi connectivity index (χ3n) is 3.38. The van der Waals surface area contributed by atoms with Crippen LogP contribution in [0.15, 0.2) is 12.8 Å². The number of rotatable bonds is 7. The standard InChI is InChI=1S/C16H30N2O3/c1-5-20-11-7-10-17-13-8-6-9-14(12-13)18-15(19)21-16(2,3)4/h5,13-14,17H,1,6-12H2,2-4H3,(H,18,19). The largest absolute Gasteiger partial charge is 0.502 e. The van der Waals surface area contributed by atoms with E-state index in [0.717, 1.165) is 38.6 Å². The fraction of sp³-hybridized carbons (Fsp3) is 0.812. The lowest BCUT2D eigenvalue weighted by atomic mass is 9.91. The van der Waals surface area contributed by atoms with Crippen LogP contribution in [0, 0.1) is 0 Å². The smallest absolute Gasteiger partial charge is 0.407 e. The Balaban J connectivity index is 2.22. The van der Waals surface area contributed by atoms with Gasteiger partial charge in [0.15, 0.2) is 0 Å². The molecule has 0 aromatic rings. The molecule has 1 amide bonds. The van der Waals surface area contributed by atoms with Gasteiger partial charge in [-0.25, -0.2) is 4.79 Å². The van der Waals surface area contributed by atoms with Crippen LogP contribution < -0.4 is 10.6 Å². The van der Waals surface area contributed by atoms with E-state index in [1.165, 1.54) is 6.26 Å². The molecule has 0 bridgehead atoms. The molecule has 0 heterocycles. The van der Waals surface area contributed by atoms with Crippen LogP contribution in [0.25, 0.3) is 0 Å². The number of ether oxygens (including phenoxy) is 2. The molecule has 0 radical (unpaired) electrons. The summed E-state index contributed by atoms with van der Waals surface area (Å²) in [6.07, 6.45) is 6.40. The van der Waals surface area contributed by atoms with E-state index in [0.29, 0.717) is 12.6 Å². The molecule has 5 heteroatoms. The lowest BCUT2D eigenvalue weighted by Crippen LogP contribution is -2.45. The number of carbonyl (C=O) groups excluding carboxylic acids is 1. The van der Waals surface area contributed by atoms with Gasteiger partial charge in [0.2, 0.25) is 0 Å². The highest BCUT2D eigenvalue weighted by Crippen LogP contribution is 2.19. The van der Waals surface area contributed by atoms with Crippen molar-refractivity contribution in [2.75, 3.05) is 13.2 Å². The number of alkyl carbamates (subject to hydrolysis) is 1. The van der Waals surface area contributed by atoms with Gasteiger partial charge in [0.25, 0.3) is 0 Å². The minimum atomic E-state index is -0.443. The Morgan fingerprint density at radius 1 is 1.33 bits per heavy atom. The van der Waals surface area contributed by atoms with Crippen LogP contribution in [-0.2, 0) is 9.47 Å². The van der Waals surface area contributed by atoms with Gasteiger partial charge in [-0.3, -0.25) is 0 Å². The molecule has 2 N–H and O–H groups in total. The Kier molecular flexibility index (Phi) is 7.57. The first-order valence-electron chi connectivity index (χ1n) is 7.86. The van der Waals surface area contributed by atoms with Gasteiger partial charge in [-0.15, -0.1) is 0 Å². The van der Waals surface area contributed by atoms with E-state index >= 15 is 0 Å². The van der Waals surface area contributed by atoms with Crippen molar-refractivity contribution in [3.63, 3.8) is 0 Å². The average Bonchev–Trinajstić information content (AvgIpc) is 2.36. The molecule has 0 aromatic carbocycles. The van der Waals surface area contributed by atoms with Crippen molar-refractivity contribution in [3.8, 4) is 0 Å². The van der Waals surface area contributed by atoms with Crippen LogP contribution in [0.2, 0.25) is 0 Å². The Hall–Kier alpha value is -1.23. The van der Waals surface area contributed by atoms with Crippen LogP contribution in [0.3, 0.4) is 0 Å². The summed E-state index contributed by atoms with van der Waals surface area (Å²) in [5.41, 5.74) is -0.443. The predicted octanol–water partition coefficient (Wildman–Crippen LogP) is 2.96. The topological polar surface area (TPSA) is 59.6 Å². The van der Waals surface area contributed by atoms with Gasteiger partial charge in [-0.05, 0) is 59.4 Å². The maximum atomic E-state index is 11.8. The Morgan fingerprint density at radius 2 is 2.05 bits per heavy atom. The highest BCUT2D eigenvalue weighted by Gasteiger charge is 2.25. The molecule has 0 spiro atoms. The molecule has 2 atom stereocenters. The second-order valence-corrected chi connectivity index (χ2v) is 6.55. The van der Waals surface area contributed by atoms with Crippen molar-refractivity contribution in [1.82, 2.24) is 10.6 Å². The Morgan fingerprint density at radius 3 is 2.71 bits per heavy atom. The lowest BCUT2D eigenvalue weighted by Gasteiger charge is -2.31. The van der Waals surface area contributed by atoms with Crippen LogP contribution in [0.4, 0.5) is 4.79 Å². The SMILES string of the molecule is C=COCCCNC1CCCC(NC(=O)OC(C)(C)C)C1. The summed E-state index contributed by atoms with van der Waals surface area (Å²) in [5, 5.41) is 6.50. The monoisotopic (exact) mass is 298 g/mol. The highest BCUT2D eigenvalue weighted by molar-refractivity contribution is 5.68. The summed E-state index contributed by atoms with van der Waals surface area (Å²) in [7, 11) is 0. The molecule has 122 valence electrons. The maximum absolute atomic E-state index is 11.8. The minimum absolute atomic E-state index is 0.204. The molecule has 0 saturated heterocycles. The number of hydrogen-bond acceptors (Lipinski definition) is 4. The average molecular weight is 298 g/mol. The normalized spacial score (nSPS) is 22.4. The van der Waals surface area contributed by atoms with Gasteiger partial charge >= 0.3 is 6.09 Å². The van der Waals surface area contributed by atoms with Crippen LogP contribution in [0.1, 0.15) is 52.9 Å². The van der Waals surface area contributed by atoms with Gasteiger partial charge in [-0.1, -0.05) is 6.58 Å². The van der Waals surface area contributed by atoms with Gasteiger partial charge < -0.3 is 20.1 Å². The van der Waals surface area contributed by atoms with E-state index in [-0.39, 0.29) is 12.1 Å². The molecule has 1 rings (SSSR count). The van der Waals surface area contributed by atoms with Crippen molar-refractivity contribution in [2.24, 2.45) is 0 Å². The van der Waals surface area contributed by atoms with Crippen molar-refractivity contribution >= 4 is 6.09 Å². The van der Waals surface area contributed by atoms with Gasteiger partial charge in [0.05, 0.1) is 12.9 Å². The molecule has 1 fully saturated rings. The number of hydrogen-bond donors (Lipinski definition) is 2. The van der Waals surface area contributed by atoms with E-state index in [9.17, 15) is 4.79 Å². The predicted molar refractivity (Wildman–Crippen MR) is 84.2 cm³/mol. The van der Waals surface area contributed by atoms with Gasteiger partial charge in [0.1, 0.15) is 5.60 Å². The maximum Gasteiger partial charge on any atom is 0.407 e. The molecule has 1 aliphatic rings. The number of nitrogens with one attached hydrogen (secondary N) is 2. The van der Waals surface area contributed by atoms with Crippen molar-refractivity contribution in [3.05, 3.63) is 12.8 Å². The van der Waals surface area contributed by atoms with E-state index in [1.807, 2.05) is 20.8 Å². The second kappa shape index (κ2) is 8.93. The first kappa shape index (κ1) is 17.8. The van der Waals surface area contributed by atoms with Gasteiger partial charge in [0, 0.05) is 12.1 Å². The Labute approximate surface area is 128 Å². The van der Waals surface area contributed by atoms with Gasteiger partial charge in [-0.2, -0.15) is 0 Å². The van der Waals surface area contributed by atoms with E-state index in [4.69, 9.17) is 9.47 Å². The summed E-state index contributed by atoms with van der Waals surface area (Å²) in [6, 6.07) is 0.665. The number of carbonyl (C=O) groups is 1. The summed E-state index contributed by atoms with van der Waals surface area (Å²) in [5.74, 6) is 0. The quantitative estimate of drug-likeness (QED) is 0.560. The summed E-state index contributed by atoms with van der Waals surface area (Å²) in [4.78, 5) is 11.8.